The van der Waals surface area contributed by atoms with Gasteiger partial charge in [0.2, 0.25) is 0 Å². The van der Waals surface area contributed by atoms with E-state index in [4.69, 9.17) is 9.47 Å². The van der Waals surface area contributed by atoms with Crippen LogP contribution >= 0.6 is 0 Å². The summed E-state index contributed by atoms with van der Waals surface area (Å²) in [5.74, 6) is 0.226. The fourth-order valence-corrected chi connectivity index (χ4v) is 2.33. The SMILES string of the molecule is CCOCCOc1cc(C)ccc1S(=O)(=O)OOCC. The lowest BCUT2D eigenvalue weighted by atomic mass is 10.2. The Morgan fingerprint density at radius 1 is 1.10 bits per heavy atom. The molecule has 0 amide bonds. The predicted octanol–water partition coefficient (Wildman–Crippen LogP) is 2.07. The van der Waals surface area contributed by atoms with Crippen LogP contribution in [-0.2, 0) is 24.1 Å². The lowest BCUT2D eigenvalue weighted by Gasteiger charge is -2.12. The molecule has 0 unspecified atom stereocenters. The molecular weight excluding hydrogens is 284 g/mol. The van der Waals surface area contributed by atoms with Gasteiger partial charge < -0.3 is 9.47 Å². The zero-order valence-electron chi connectivity index (χ0n) is 11.9. The van der Waals surface area contributed by atoms with Crippen LogP contribution in [0.1, 0.15) is 19.4 Å². The summed E-state index contributed by atoms with van der Waals surface area (Å²) in [6.07, 6.45) is 0. The van der Waals surface area contributed by atoms with Crippen molar-refractivity contribution in [1.29, 1.82) is 0 Å². The van der Waals surface area contributed by atoms with Gasteiger partial charge in [-0.3, -0.25) is 0 Å². The van der Waals surface area contributed by atoms with Gasteiger partial charge in [-0.15, -0.1) is 4.33 Å². The van der Waals surface area contributed by atoms with E-state index in [0.29, 0.717) is 13.2 Å². The maximum absolute atomic E-state index is 12.0. The minimum atomic E-state index is -4.00. The average Bonchev–Trinajstić information content (AvgIpc) is 2.41. The number of benzene rings is 1. The van der Waals surface area contributed by atoms with Gasteiger partial charge in [0.15, 0.2) is 0 Å². The highest BCUT2D eigenvalue weighted by Crippen LogP contribution is 2.26. The molecule has 1 aromatic carbocycles. The maximum Gasteiger partial charge on any atom is 0.326 e. The van der Waals surface area contributed by atoms with Crippen molar-refractivity contribution in [2.75, 3.05) is 26.4 Å². The van der Waals surface area contributed by atoms with E-state index < -0.39 is 10.1 Å². The number of ether oxygens (including phenoxy) is 2. The van der Waals surface area contributed by atoms with E-state index in [0.717, 1.165) is 5.56 Å². The third kappa shape index (κ3) is 5.09. The molecule has 0 fully saturated rings. The Hall–Kier alpha value is -1.15. The number of hydrogen-bond donors (Lipinski definition) is 0. The minimum absolute atomic E-state index is 0.0620. The highest BCUT2D eigenvalue weighted by Gasteiger charge is 2.22. The first kappa shape index (κ1) is 16.9. The Morgan fingerprint density at radius 3 is 2.50 bits per heavy atom. The summed E-state index contributed by atoms with van der Waals surface area (Å²) in [6, 6.07) is 4.73. The van der Waals surface area contributed by atoms with E-state index in [1.807, 2.05) is 13.8 Å². The maximum atomic E-state index is 12.0. The first-order valence-electron chi connectivity index (χ1n) is 6.38. The summed E-state index contributed by atoms with van der Waals surface area (Å²) in [5.41, 5.74) is 0.881. The second kappa shape index (κ2) is 8.21. The molecule has 1 aromatic rings. The van der Waals surface area contributed by atoms with Crippen LogP contribution in [0, 0.1) is 6.92 Å². The lowest BCUT2D eigenvalue weighted by molar-refractivity contribution is -0.196. The van der Waals surface area contributed by atoms with Crippen molar-refractivity contribution in [2.45, 2.75) is 25.7 Å². The van der Waals surface area contributed by atoms with Gasteiger partial charge in [0.25, 0.3) is 0 Å². The van der Waals surface area contributed by atoms with Crippen molar-refractivity contribution >= 4 is 10.1 Å². The van der Waals surface area contributed by atoms with Gasteiger partial charge in [0, 0.05) is 6.61 Å². The molecule has 0 atom stereocenters. The molecule has 0 bridgehead atoms. The number of hydrogen-bond acceptors (Lipinski definition) is 6. The Kier molecular flexibility index (Phi) is 6.94. The Bertz CT molecular complexity index is 512. The van der Waals surface area contributed by atoms with Crippen LogP contribution in [-0.4, -0.2) is 34.8 Å². The second-order valence-electron chi connectivity index (χ2n) is 3.92. The molecule has 6 nitrogen and oxygen atoms in total. The van der Waals surface area contributed by atoms with Crippen LogP contribution in [0.5, 0.6) is 5.75 Å². The molecule has 0 aliphatic carbocycles. The fourth-order valence-electron chi connectivity index (χ4n) is 1.44. The van der Waals surface area contributed by atoms with Crippen molar-refractivity contribution in [3.8, 4) is 5.75 Å². The largest absolute Gasteiger partial charge is 0.490 e. The van der Waals surface area contributed by atoms with Crippen LogP contribution < -0.4 is 4.74 Å². The van der Waals surface area contributed by atoms with Crippen LogP contribution in [0.4, 0.5) is 0 Å². The zero-order valence-corrected chi connectivity index (χ0v) is 12.7. The molecule has 0 aliphatic heterocycles. The van der Waals surface area contributed by atoms with Crippen molar-refractivity contribution in [3.05, 3.63) is 23.8 Å². The van der Waals surface area contributed by atoms with Gasteiger partial charge in [0.1, 0.15) is 17.3 Å². The summed E-state index contributed by atoms with van der Waals surface area (Å²) >= 11 is 0. The fraction of sp³-hybridized carbons (Fsp3) is 0.538. The third-order valence-electron chi connectivity index (χ3n) is 2.31. The van der Waals surface area contributed by atoms with Crippen LogP contribution in [0.15, 0.2) is 23.1 Å². The quantitative estimate of drug-likeness (QED) is 0.395. The van der Waals surface area contributed by atoms with Crippen molar-refractivity contribution < 1.29 is 27.1 Å². The molecule has 0 aromatic heterocycles. The molecule has 0 radical (unpaired) electrons. The summed E-state index contributed by atoms with van der Waals surface area (Å²) in [4.78, 5) is 4.45. The monoisotopic (exact) mass is 304 g/mol. The molecule has 0 aliphatic rings. The molecule has 0 saturated carbocycles. The van der Waals surface area contributed by atoms with Gasteiger partial charge in [-0.05, 0) is 38.5 Å². The summed E-state index contributed by atoms with van der Waals surface area (Å²) in [6.45, 7) is 6.70. The van der Waals surface area contributed by atoms with Gasteiger partial charge >= 0.3 is 10.1 Å². The minimum Gasteiger partial charge on any atom is -0.490 e. The van der Waals surface area contributed by atoms with Gasteiger partial charge in [-0.2, -0.15) is 8.42 Å². The first-order valence-corrected chi connectivity index (χ1v) is 7.79. The Balaban J connectivity index is 2.89. The molecule has 0 N–H and O–H groups in total. The first-order chi connectivity index (χ1) is 9.51. The van der Waals surface area contributed by atoms with E-state index in [-0.39, 0.29) is 23.9 Å². The third-order valence-corrected chi connectivity index (χ3v) is 3.46. The summed E-state index contributed by atoms with van der Waals surface area (Å²) < 4.78 is 38.9. The van der Waals surface area contributed by atoms with Crippen molar-refractivity contribution in [3.63, 3.8) is 0 Å². The van der Waals surface area contributed by atoms with Gasteiger partial charge in [0.05, 0.1) is 13.2 Å². The van der Waals surface area contributed by atoms with Crippen molar-refractivity contribution in [1.82, 2.24) is 0 Å². The highest BCUT2D eigenvalue weighted by atomic mass is 32.2. The van der Waals surface area contributed by atoms with E-state index >= 15 is 0 Å². The van der Waals surface area contributed by atoms with E-state index in [2.05, 4.69) is 9.22 Å². The molecule has 1 rings (SSSR count). The molecule has 0 saturated heterocycles. The van der Waals surface area contributed by atoms with Crippen LogP contribution in [0.2, 0.25) is 0 Å². The highest BCUT2D eigenvalue weighted by molar-refractivity contribution is 7.86. The standard InChI is InChI=1S/C13H20O6S/c1-4-16-8-9-17-12-10-11(3)6-7-13(12)20(14,15)19-18-5-2/h6-7,10H,4-5,8-9H2,1-3H3. The van der Waals surface area contributed by atoms with E-state index in [9.17, 15) is 8.42 Å². The van der Waals surface area contributed by atoms with E-state index in [1.54, 1.807) is 19.1 Å². The number of aryl methyl sites for hydroxylation is 1. The molecule has 0 spiro atoms. The van der Waals surface area contributed by atoms with Crippen molar-refractivity contribution in [2.24, 2.45) is 0 Å². The van der Waals surface area contributed by atoms with Crippen LogP contribution in [0.3, 0.4) is 0 Å². The predicted molar refractivity (Wildman–Crippen MR) is 73.1 cm³/mol. The summed E-state index contributed by atoms with van der Waals surface area (Å²) in [7, 11) is -4.00. The normalized spacial score (nSPS) is 11.6. The molecule has 0 heterocycles. The zero-order chi connectivity index (χ0) is 15.0. The number of rotatable bonds is 9. The summed E-state index contributed by atoms with van der Waals surface area (Å²) in [5, 5.41) is 0. The van der Waals surface area contributed by atoms with Gasteiger partial charge in [-0.1, -0.05) is 6.07 Å². The lowest BCUT2D eigenvalue weighted by Crippen LogP contribution is -2.12. The molecule has 20 heavy (non-hydrogen) atoms. The van der Waals surface area contributed by atoms with Crippen LogP contribution in [0.25, 0.3) is 0 Å². The second-order valence-corrected chi connectivity index (χ2v) is 5.41. The molecule has 114 valence electrons. The topological polar surface area (TPSA) is 71.1 Å². The van der Waals surface area contributed by atoms with Gasteiger partial charge in [-0.25, -0.2) is 4.89 Å². The Labute approximate surface area is 119 Å². The average molecular weight is 304 g/mol. The Morgan fingerprint density at radius 2 is 1.85 bits per heavy atom. The smallest absolute Gasteiger partial charge is 0.326 e. The molecule has 7 heteroatoms. The molecular formula is C13H20O6S. The van der Waals surface area contributed by atoms with E-state index in [1.165, 1.54) is 6.07 Å².